The average Bonchev–Trinajstić information content (AvgIpc) is 2.65. The highest BCUT2D eigenvalue weighted by Crippen LogP contribution is 2.28. The van der Waals surface area contributed by atoms with Gasteiger partial charge in [-0.15, -0.1) is 0 Å². The lowest BCUT2D eigenvalue weighted by molar-refractivity contribution is -0.156. The Hall–Kier alpha value is -1.46. The standard InChI is InChI=1S/C20H31N3O2/c24-19-20(25,16-22-15-18-8-4-11-21-14-18)10-5-12-23(19)13-9-17-6-2-1-3-7-17/h4,8,11,14,17,22,25H,1-3,5-7,9-10,12-13,15-16H2. The Morgan fingerprint density at radius 3 is 2.88 bits per heavy atom. The maximum Gasteiger partial charge on any atom is 0.255 e. The van der Waals surface area contributed by atoms with Crippen LogP contribution >= 0.6 is 0 Å². The lowest BCUT2D eigenvalue weighted by Gasteiger charge is -2.39. The molecule has 1 unspecified atom stereocenters. The van der Waals surface area contributed by atoms with E-state index in [4.69, 9.17) is 0 Å². The topological polar surface area (TPSA) is 65.5 Å². The summed E-state index contributed by atoms with van der Waals surface area (Å²) >= 11 is 0. The van der Waals surface area contributed by atoms with Crippen LogP contribution in [0.2, 0.25) is 0 Å². The molecule has 1 aliphatic carbocycles. The molecule has 0 radical (unpaired) electrons. The van der Waals surface area contributed by atoms with Crippen LogP contribution < -0.4 is 5.32 Å². The molecule has 138 valence electrons. The van der Waals surface area contributed by atoms with Gasteiger partial charge in [-0.2, -0.15) is 0 Å². The van der Waals surface area contributed by atoms with Gasteiger partial charge in [-0.05, 0) is 36.8 Å². The summed E-state index contributed by atoms with van der Waals surface area (Å²) in [6.45, 7) is 2.51. The van der Waals surface area contributed by atoms with Crippen molar-refractivity contribution in [3.63, 3.8) is 0 Å². The molecule has 3 rings (SSSR count). The average molecular weight is 345 g/mol. The van der Waals surface area contributed by atoms with Crippen LogP contribution in [0.3, 0.4) is 0 Å². The Bertz CT molecular complexity index is 545. The summed E-state index contributed by atoms with van der Waals surface area (Å²) in [5.41, 5.74) is -0.198. The first-order chi connectivity index (χ1) is 12.2. The number of hydrogen-bond donors (Lipinski definition) is 2. The molecule has 1 saturated carbocycles. The highest BCUT2D eigenvalue weighted by atomic mass is 16.3. The number of piperidine rings is 1. The third-order valence-corrected chi connectivity index (χ3v) is 5.71. The van der Waals surface area contributed by atoms with Gasteiger partial charge >= 0.3 is 0 Å². The third kappa shape index (κ3) is 5.02. The molecule has 0 spiro atoms. The van der Waals surface area contributed by atoms with E-state index < -0.39 is 5.60 Å². The fraction of sp³-hybridized carbons (Fsp3) is 0.700. The summed E-state index contributed by atoms with van der Waals surface area (Å²) in [6.07, 6.45) is 12.7. The molecule has 2 N–H and O–H groups in total. The first kappa shape index (κ1) is 18.3. The predicted octanol–water partition coefficient (Wildman–Crippen LogP) is 2.50. The number of carbonyl (C=O) groups is 1. The molecule has 1 aromatic heterocycles. The van der Waals surface area contributed by atoms with E-state index in [1.165, 1.54) is 32.1 Å². The Morgan fingerprint density at radius 2 is 2.12 bits per heavy atom. The van der Waals surface area contributed by atoms with Gasteiger partial charge in [0.25, 0.3) is 5.91 Å². The SMILES string of the molecule is O=C1N(CCC2CCCCC2)CCCC1(O)CNCc1cccnc1. The third-order valence-electron chi connectivity index (χ3n) is 5.71. The summed E-state index contributed by atoms with van der Waals surface area (Å²) in [5, 5.41) is 14.1. The maximum atomic E-state index is 12.8. The molecule has 0 aromatic carbocycles. The number of hydrogen-bond acceptors (Lipinski definition) is 4. The van der Waals surface area contributed by atoms with E-state index >= 15 is 0 Å². The van der Waals surface area contributed by atoms with E-state index in [2.05, 4.69) is 10.3 Å². The van der Waals surface area contributed by atoms with E-state index in [-0.39, 0.29) is 5.91 Å². The minimum atomic E-state index is -1.26. The van der Waals surface area contributed by atoms with Crippen molar-refractivity contribution in [2.24, 2.45) is 5.92 Å². The van der Waals surface area contributed by atoms with Gasteiger partial charge in [0.1, 0.15) is 0 Å². The zero-order valence-corrected chi connectivity index (χ0v) is 15.1. The second kappa shape index (κ2) is 8.77. The van der Waals surface area contributed by atoms with Crippen LogP contribution in [0, 0.1) is 5.92 Å². The Morgan fingerprint density at radius 1 is 1.28 bits per heavy atom. The molecular formula is C20H31N3O2. The van der Waals surface area contributed by atoms with Crippen LogP contribution in [0.25, 0.3) is 0 Å². The fourth-order valence-corrected chi connectivity index (χ4v) is 4.17. The lowest BCUT2D eigenvalue weighted by atomic mass is 9.86. The van der Waals surface area contributed by atoms with E-state index in [1.807, 2.05) is 17.0 Å². The van der Waals surface area contributed by atoms with Crippen LogP contribution in [0.5, 0.6) is 0 Å². The van der Waals surface area contributed by atoms with Gasteiger partial charge in [-0.3, -0.25) is 9.78 Å². The smallest absolute Gasteiger partial charge is 0.255 e. The minimum Gasteiger partial charge on any atom is -0.379 e. The van der Waals surface area contributed by atoms with Crippen LogP contribution in [-0.4, -0.2) is 46.1 Å². The van der Waals surface area contributed by atoms with Crippen molar-refractivity contribution in [2.75, 3.05) is 19.6 Å². The summed E-state index contributed by atoms with van der Waals surface area (Å²) in [5.74, 6) is 0.675. The highest BCUT2D eigenvalue weighted by molar-refractivity contribution is 5.86. The molecule has 1 aromatic rings. The zero-order chi connectivity index (χ0) is 17.5. The number of pyridine rings is 1. The summed E-state index contributed by atoms with van der Waals surface area (Å²) in [4.78, 5) is 18.8. The summed E-state index contributed by atoms with van der Waals surface area (Å²) in [6, 6.07) is 3.88. The molecule has 1 aliphatic heterocycles. The Balaban J connectivity index is 1.47. The Labute approximate surface area is 150 Å². The molecule has 2 heterocycles. The van der Waals surface area contributed by atoms with Gasteiger partial charge in [0.2, 0.25) is 0 Å². The number of likely N-dealkylation sites (tertiary alicyclic amines) is 1. The normalized spacial score (nSPS) is 25.3. The van der Waals surface area contributed by atoms with Gasteiger partial charge < -0.3 is 15.3 Å². The molecule has 5 heteroatoms. The van der Waals surface area contributed by atoms with Crippen molar-refractivity contribution < 1.29 is 9.90 Å². The lowest BCUT2D eigenvalue weighted by Crippen LogP contribution is -2.58. The van der Waals surface area contributed by atoms with Crippen molar-refractivity contribution in [3.8, 4) is 0 Å². The molecular weight excluding hydrogens is 314 g/mol. The summed E-state index contributed by atoms with van der Waals surface area (Å²) in [7, 11) is 0. The van der Waals surface area contributed by atoms with Crippen molar-refractivity contribution in [1.82, 2.24) is 15.2 Å². The van der Waals surface area contributed by atoms with Crippen LogP contribution in [0.4, 0.5) is 0 Å². The molecule has 1 saturated heterocycles. The zero-order valence-electron chi connectivity index (χ0n) is 15.1. The molecule has 5 nitrogen and oxygen atoms in total. The van der Waals surface area contributed by atoms with E-state index in [0.717, 1.165) is 37.4 Å². The monoisotopic (exact) mass is 345 g/mol. The summed E-state index contributed by atoms with van der Waals surface area (Å²) < 4.78 is 0. The van der Waals surface area contributed by atoms with Gasteiger partial charge in [0.15, 0.2) is 5.60 Å². The second-order valence-corrected chi connectivity index (χ2v) is 7.68. The number of nitrogens with one attached hydrogen (secondary N) is 1. The van der Waals surface area contributed by atoms with Crippen molar-refractivity contribution in [1.29, 1.82) is 0 Å². The van der Waals surface area contributed by atoms with Gasteiger partial charge in [0.05, 0.1) is 0 Å². The van der Waals surface area contributed by atoms with E-state index in [0.29, 0.717) is 19.5 Å². The largest absolute Gasteiger partial charge is 0.379 e. The highest BCUT2D eigenvalue weighted by Gasteiger charge is 2.41. The first-order valence-electron chi connectivity index (χ1n) is 9.79. The molecule has 1 atom stereocenters. The maximum absolute atomic E-state index is 12.8. The molecule has 25 heavy (non-hydrogen) atoms. The first-order valence-corrected chi connectivity index (χ1v) is 9.79. The molecule has 1 amide bonds. The number of rotatable bonds is 7. The van der Waals surface area contributed by atoms with Crippen LogP contribution in [-0.2, 0) is 11.3 Å². The molecule has 2 fully saturated rings. The van der Waals surface area contributed by atoms with Crippen molar-refractivity contribution in [3.05, 3.63) is 30.1 Å². The number of aromatic nitrogens is 1. The second-order valence-electron chi connectivity index (χ2n) is 7.68. The minimum absolute atomic E-state index is 0.0896. The van der Waals surface area contributed by atoms with Crippen LogP contribution in [0.15, 0.2) is 24.5 Å². The fourth-order valence-electron chi connectivity index (χ4n) is 4.17. The van der Waals surface area contributed by atoms with Crippen molar-refractivity contribution in [2.45, 2.75) is 63.5 Å². The van der Waals surface area contributed by atoms with E-state index in [9.17, 15) is 9.90 Å². The van der Waals surface area contributed by atoms with Gasteiger partial charge in [0, 0.05) is 38.6 Å². The number of nitrogens with zero attached hydrogens (tertiary/aromatic N) is 2. The number of amides is 1. The molecule has 2 aliphatic rings. The Kier molecular flexibility index (Phi) is 6.43. The van der Waals surface area contributed by atoms with E-state index in [1.54, 1.807) is 12.4 Å². The van der Waals surface area contributed by atoms with Gasteiger partial charge in [-0.1, -0.05) is 38.2 Å². The van der Waals surface area contributed by atoms with Crippen molar-refractivity contribution >= 4 is 5.91 Å². The van der Waals surface area contributed by atoms with Crippen LogP contribution in [0.1, 0.15) is 56.9 Å². The quantitative estimate of drug-likeness (QED) is 0.797. The van der Waals surface area contributed by atoms with Gasteiger partial charge in [-0.25, -0.2) is 0 Å². The number of aliphatic hydroxyl groups is 1. The molecule has 0 bridgehead atoms. The number of carbonyl (C=O) groups excluding carboxylic acids is 1. The predicted molar refractivity (Wildman–Crippen MR) is 97.9 cm³/mol.